The van der Waals surface area contributed by atoms with Crippen LogP contribution in [0.1, 0.15) is 17.3 Å². The summed E-state index contributed by atoms with van der Waals surface area (Å²) in [5, 5.41) is 0.672. The Kier molecular flexibility index (Phi) is 3.80. The second-order valence-electron chi connectivity index (χ2n) is 6.20. The van der Waals surface area contributed by atoms with Gasteiger partial charge in [0.1, 0.15) is 11.1 Å². The summed E-state index contributed by atoms with van der Waals surface area (Å²) in [6.45, 7) is 2.77. The molecule has 1 amide bonds. The zero-order valence-electron chi connectivity index (χ0n) is 14.8. The van der Waals surface area contributed by atoms with Crippen molar-refractivity contribution in [2.24, 2.45) is 4.99 Å². The molecule has 8 heteroatoms. The maximum Gasteiger partial charge on any atom is 0.349 e. The van der Waals surface area contributed by atoms with Gasteiger partial charge in [0, 0.05) is 24.1 Å². The molecule has 140 valence electrons. The Morgan fingerprint density at radius 1 is 1.18 bits per heavy atom. The predicted molar refractivity (Wildman–Crippen MR) is 104 cm³/mol. The van der Waals surface area contributed by atoms with Gasteiger partial charge in [-0.15, -0.1) is 0 Å². The first kappa shape index (κ1) is 16.8. The molecule has 3 heterocycles. The van der Waals surface area contributed by atoms with Crippen molar-refractivity contribution in [1.82, 2.24) is 4.57 Å². The molecule has 0 radical (unpaired) electrons. The van der Waals surface area contributed by atoms with E-state index in [1.165, 1.54) is 17.4 Å². The van der Waals surface area contributed by atoms with Crippen molar-refractivity contribution >= 4 is 38.4 Å². The molecular formula is C20H14N2O5S. The number of amides is 1. The normalized spacial score (nSPS) is 13.5. The van der Waals surface area contributed by atoms with Gasteiger partial charge in [0.05, 0.1) is 10.2 Å². The van der Waals surface area contributed by atoms with Gasteiger partial charge in [-0.1, -0.05) is 29.5 Å². The fourth-order valence-corrected chi connectivity index (χ4v) is 4.31. The predicted octanol–water partition coefficient (Wildman–Crippen LogP) is 3.30. The molecule has 0 saturated carbocycles. The first-order valence-electron chi connectivity index (χ1n) is 8.69. The summed E-state index contributed by atoms with van der Waals surface area (Å²) in [5.74, 6) is 0.707. The standard InChI is InChI=1S/C20H14N2O5S/c1-2-22-13-8-15-16(26-10-25-15)9-17(13)28-20(22)21-18(23)12-7-11-5-3-4-6-14(11)27-19(12)24/h3-9H,2,10H2,1H3. The zero-order chi connectivity index (χ0) is 19.3. The van der Waals surface area contributed by atoms with Crippen LogP contribution >= 0.6 is 11.3 Å². The van der Waals surface area contributed by atoms with E-state index in [0.717, 1.165) is 10.2 Å². The topological polar surface area (TPSA) is 83.0 Å². The number of ether oxygens (including phenoxy) is 2. The lowest BCUT2D eigenvalue weighted by atomic mass is 10.2. The van der Waals surface area contributed by atoms with Gasteiger partial charge in [-0.3, -0.25) is 4.79 Å². The fourth-order valence-electron chi connectivity index (χ4n) is 3.21. The molecule has 1 aliphatic rings. The van der Waals surface area contributed by atoms with Crippen molar-refractivity contribution < 1.29 is 18.7 Å². The minimum atomic E-state index is -0.697. The van der Waals surface area contributed by atoms with E-state index in [9.17, 15) is 9.59 Å². The van der Waals surface area contributed by atoms with Crippen molar-refractivity contribution in [3.05, 3.63) is 63.2 Å². The lowest BCUT2D eigenvalue weighted by molar-refractivity contribution is 0.0994. The van der Waals surface area contributed by atoms with Gasteiger partial charge in [-0.25, -0.2) is 4.79 Å². The molecule has 0 N–H and O–H groups in total. The SMILES string of the molecule is CCn1c(=NC(=O)c2cc3ccccc3oc2=O)sc2cc3c(cc21)OCO3. The van der Waals surface area contributed by atoms with Gasteiger partial charge in [0.2, 0.25) is 6.79 Å². The number of para-hydroxylation sites is 1. The van der Waals surface area contributed by atoms with Crippen LogP contribution in [0, 0.1) is 0 Å². The van der Waals surface area contributed by atoms with Gasteiger partial charge in [-0.05, 0) is 19.1 Å². The molecule has 0 saturated heterocycles. The van der Waals surface area contributed by atoms with Crippen molar-refractivity contribution in [3.63, 3.8) is 0 Å². The van der Waals surface area contributed by atoms with Gasteiger partial charge < -0.3 is 18.5 Å². The van der Waals surface area contributed by atoms with E-state index in [0.29, 0.717) is 33.8 Å². The molecule has 0 atom stereocenters. The number of aryl methyl sites for hydroxylation is 1. The van der Waals surface area contributed by atoms with Crippen molar-refractivity contribution in [3.8, 4) is 11.5 Å². The lowest BCUT2D eigenvalue weighted by Crippen LogP contribution is -2.19. The van der Waals surface area contributed by atoms with E-state index >= 15 is 0 Å². The molecule has 28 heavy (non-hydrogen) atoms. The largest absolute Gasteiger partial charge is 0.454 e. The lowest BCUT2D eigenvalue weighted by Gasteiger charge is -2.02. The number of thiazole rings is 1. The smallest absolute Gasteiger partial charge is 0.349 e. The highest BCUT2D eigenvalue weighted by Crippen LogP contribution is 2.36. The van der Waals surface area contributed by atoms with Crippen molar-refractivity contribution in [2.45, 2.75) is 13.5 Å². The summed E-state index contributed by atoms with van der Waals surface area (Å²) < 4.78 is 18.9. The minimum Gasteiger partial charge on any atom is -0.454 e. The van der Waals surface area contributed by atoms with E-state index in [-0.39, 0.29) is 12.4 Å². The molecule has 2 aromatic carbocycles. The molecule has 0 fully saturated rings. The second kappa shape index (κ2) is 6.35. The van der Waals surface area contributed by atoms with Crippen LogP contribution < -0.4 is 19.9 Å². The monoisotopic (exact) mass is 394 g/mol. The molecule has 0 spiro atoms. The Morgan fingerprint density at radius 2 is 1.96 bits per heavy atom. The molecule has 1 aliphatic heterocycles. The van der Waals surface area contributed by atoms with Crippen LogP contribution in [0.25, 0.3) is 21.2 Å². The number of carbonyl (C=O) groups excluding carboxylic acids is 1. The number of aromatic nitrogens is 1. The summed E-state index contributed by atoms with van der Waals surface area (Å²) in [6.07, 6.45) is 0. The Bertz CT molecular complexity index is 1380. The van der Waals surface area contributed by atoms with Gasteiger partial charge in [0.15, 0.2) is 16.3 Å². The average Bonchev–Trinajstić information content (AvgIpc) is 3.28. The molecular weight excluding hydrogens is 380 g/mol. The van der Waals surface area contributed by atoms with Crippen LogP contribution in [0.3, 0.4) is 0 Å². The minimum absolute atomic E-state index is 0.0898. The molecule has 0 aliphatic carbocycles. The molecule has 4 aromatic rings. The highest BCUT2D eigenvalue weighted by atomic mass is 32.1. The molecule has 2 aromatic heterocycles. The van der Waals surface area contributed by atoms with Crippen LogP contribution in [0.15, 0.2) is 56.7 Å². The van der Waals surface area contributed by atoms with E-state index in [2.05, 4.69) is 4.99 Å². The van der Waals surface area contributed by atoms with Crippen molar-refractivity contribution in [2.75, 3.05) is 6.79 Å². The first-order valence-corrected chi connectivity index (χ1v) is 9.50. The molecule has 5 rings (SSSR count). The van der Waals surface area contributed by atoms with Crippen LogP contribution in [-0.2, 0) is 6.54 Å². The Morgan fingerprint density at radius 3 is 2.79 bits per heavy atom. The molecule has 0 unspecified atom stereocenters. The Labute approximate surface area is 162 Å². The third-order valence-corrected chi connectivity index (χ3v) is 5.60. The zero-order valence-corrected chi connectivity index (χ0v) is 15.6. The second-order valence-corrected chi connectivity index (χ2v) is 7.21. The van der Waals surface area contributed by atoms with Crippen molar-refractivity contribution in [1.29, 1.82) is 0 Å². The van der Waals surface area contributed by atoms with Crippen LogP contribution in [0.2, 0.25) is 0 Å². The summed E-state index contributed by atoms with van der Waals surface area (Å²) in [7, 11) is 0. The third kappa shape index (κ3) is 2.61. The van der Waals surface area contributed by atoms with Gasteiger partial charge in [-0.2, -0.15) is 4.99 Å². The third-order valence-electron chi connectivity index (χ3n) is 4.56. The van der Waals surface area contributed by atoms with Crippen LogP contribution in [0.5, 0.6) is 11.5 Å². The molecule has 0 bridgehead atoms. The van der Waals surface area contributed by atoms with Gasteiger partial charge >= 0.3 is 5.63 Å². The number of fused-ring (bicyclic) bond motifs is 3. The summed E-state index contributed by atoms with van der Waals surface area (Å²) >= 11 is 1.35. The van der Waals surface area contributed by atoms with Crippen LogP contribution in [-0.4, -0.2) is 17.3 Å². The highest BCUT2D eigenvalue weighted by molar-refractivity contribution is 7.16. The number of rotatable bonds is 2. The number of hydrogen-bond donors (Lipinski definition) is 0. The Balaban J connectivity index is 1.66. The summed E-state index contributed by atoms with van der Waals surface area (Å²) in [4.78, 5) is 29.7. The van der Waals surface area contributed by atoms with E-state index in [1.807, 2.05) is 29.7 Å². The first-order chi connectivity index (χ1) is 13.6. The Hall–Kier alpha value is -3.39. The number of hydrogen-bond acceptors (Lipinski definition) is 6. The fraction of sp³-hybridized carbons (Fsp3) is 0.150. The maximum atomic E-state index is 12.7. The van der Waals surface area contributed by atoms with E-state index in [1.54, 1.807) is 18.2 Å². The average molecular weight is 394 g/mol. The quantitative estimate of drug-likeness (QED) is 0.487. The highest BCUT2D eigenvalue weighted by Gasteiger charge is 2.18. The summed E-state index contributed by atoms with van der Waals surface area (Å²) in [5.41, 5.74) is 0.545. The maximum absolute atomic E-state index is 12.7. The van der Waals surface area contributed by atoms with Crippen LogP contribution in [0.4, 0.5) is 0 Å². The number of benzene rings is 2. The summed E-state index contributed by atoms with van der Waals surface area (Å²) in [6, 6.07) is 12.3. The molecule has 7 nitrogen and oxygen atoms in total. The van der Waals surface area contributed by atoms with E-state index in [4.69, 9.17) is 13.9 Å². The number of nitrogens with zero attached hydrogens (tertiary/aromatic N) is 2. The van der Waals surface area contributed by atoms with E-state index < -0.39 is 11.5 Å². The number of carbonyl (C=O) groups is 1. The van der Waals surface area contributed by atoms with Gasteiger partial charge in [0.25, 0.3) is 5.91 Å².